The van der Waals surface area contributed by atoms with Gasteiger partial charge >= 0.3 is 5.97 Å². The van der Waals surface area contributed by atoms with Crippen LogP contribution in [0.15, 0.2) is 46.5 Å². The van der Waals surface area contributed by atoms with Crippen LogP contribution in [-0.2, 0) is 16.1 Å². The van der Waals surface area contributed by atoms with E-state index in [0.717, 1.165) is 41.4 Å². The highest BCUT2D eigenvalue weighted by atomic mass is 32.2. The Hall–Kier alpha value is -1.83. The van der Waals surface area contributed by atoms with Crippen molar-refractivity contribution in [3.05, 3.63) is 57.9 Å². The molecule has 0 saturated carbocycles. The van der Waals surface area contributed by atoms with Gasteiger partial charge in [-0.1, -0.05) is 19.1 Å². The van der Waals surface area contributed by atoms with Crippen LogP contribution in [-0.4, -0.2) is 59.1 Å². The molecule has 28 heavy (non-hydrogen) atoms. The maximum absolute atomic E-state index is 13.8. The van der Waals surface area contributed by atoms with Gasteiger partial charge in [-0.05, 0) is 48.4 Å². The number of hydrogen-bond acceptors (Lipinski definition) is 5. The molecule has 1 aromatic rings. The van der Waals surface area contributed by atoms with Crippen LogP contribution in [0.5, 0.6) is 0 Å². The third kappa shape index (κ3) is 4.42. The quantitative estimate of drug-likeness (QED) is 0.746. The molecular formula is C21H27FN2O3S. The summed E-state index contributed by atoms with van der Waals surface area (Å²) in [5.74, 6) is -0.457. The van der Waals surface area contributed by atoms with Crippen LogP contribution < -0.4 is 0 Å². The number of carboxylic acids is 1. The van der Waals surface area contributed by atoms with Crippen LogP contribution in [0, 0.1) is 5.82 Å². The van der Waals surface area contributed by atoms with Gasteiger partial charge in [-0.3, -0.25) is 4.90 Å². The zero-order chi connectivity index (χ0) is 20.3. The van der Waals surface area contributed by atoms with Crippen LogP contribution in [0.2, 0.25) is 0 Å². The van der Waals surface area contributed by atoms with E-state index in [1.807, 2.05) is 26.0 Å². The van der Waals surface area contributed by atoms with E-state index in [2.05, 4.69) is 9.80 Å². The summed E-state index contributed by atoms with van der Waals surface area (Å²) in [6.45, 7) is 5.97. The highest BCUT2D eigenvalue weighted by Crippen LogP contribution is 2.37. The van der Waals surface area contributed by atoms with Gasteiger partial charge in [-0.15, -0.1) is 11.8 Å². The van der Waals surface area contributed by atoms with Crippen molar-refractivity contribution in [2.75, 3.05) is 26.0 Å². The lowest BCUT2D eigenvalue weighted by atomic mass is 10.0. The molecule has 0 spiro atoms. The highest BCUT2D eigenvalue weighted by Gasteiger charge is 2.37. The minimum Gasteiger partial charge on any atom is -0.478 e. The van der Waals surface area contributed by atoms with Crippen LogP contribution in [0.3, 0.4) is 0 Å². The summed E-state index contributed by atoms with van der Waals surface area (Å²) in [6, 6.07) is 6.50. The van der Waals surface area contributed by atoms with Crippen molar-refractivity contribution >= 4 is 17.7 Å². The predicted molar refractivity (Wildman–Crippen MR) is 109 cm³/mol. The predicted octanol–water partition coefficient (Wildman–Crippen LogP) is 3.68. The van der Waals surface area contributed by atoms with Gasteiger partial charge in [-0.25, -0.2) is 9.18 Å². The minimum absolute atomic E-state index is 0.0828. The zero-order valence-corrected chi connectivity index (χ0v) is 17.3. The lowest BCUT2D eigenvalue weighted by molar-refractivity contribution is -0.132. The molecule has 2 heterocycles. The van der Waals surface area contributed by atoms with E-state index in [1.54, 1.807) is 13.2 Å². The first-order chi connectivity index (χ1) is 13.4. The van der Waals surface area contributed by atoms with Crippen LogP contribution >= 0.6 is 11.8 Å². The Balaban J connectivity index is 2.01. The number of halogens is 1. The molecule has 0 bridgehead atoms. The zero-order valence-electron chi connectivity index (χ0n) is 16.5. The number of carbonyl (C=O) groups is 1. The molecule has 2 aliphatic heterocycles. The Morgan fingerprint density at radius 2 is 2.21 bits per heavy atom. The van der Waals surface area contributed by atoms with Crippen molar-refractivity contribution in [2.24, 2.45) is 0 Å². The van der Waals surface area contributed by atoms with Gasteiger partial charge in [0.15, 0.2) is 0 Å². The molecule has 2 unspecified atom stereocenters. The number of likely N-dealkylation sites (tertiary alicyclic amines) is 1. The number of rotatable bonds is 7. The molecular weight excluding hydrogens is 379 g/mol. The second kappa shape index (κ2) is 9.11. The fourth-order valence-corrected chi connectivity index (χ4v) is 4.87. The van der Waals surface area contributed by atoms with E-state index in [1.165, 1.54) is 23.9 Å². The number of thioether (sulfide) groups is 1. The molecule has 2 atom stereocenters. The Labute approximate surface area is 169 Å². The van der Waals surface area contributed by atoms with Crippen LogP contribution in [0.1, 0.15) is 25.8 Å². The number of methoxy groups -OCH3 is 1. The topological polar surface area (TPSA) is 53.0 Å². The molecule has 1 aromatic carbocycles. The van der Waals surface area contributed by atoms with Gasteiger partial charge in [-0.2, -0.15) is 0 Å². The van der Waals surface area contributed by atoms with E-state index in [0.29, 0.717) is 12.1 Å². The molecule has 152 valence electrons. The molecule has 1 fully saturated rings. The molecule has 7 heteroatoms. The largest absolute Gasteiger partial charge is 0.478 e. The summed E-state index contributed by atoms with van der Waals surface area (Å²) in [6.07, 6.45) is 3.05. The van der Waals surface area contributed by atoms with Gasteiger partial charge in [0, 0.05) is 26.7 Å². The molecule has 1 saturated heterocycles. The normalized spacial score (nSPS) is 23.3. The van der Waals surface area contributed by atoms with Gasteiger partial charge in [0.05, 0.1) is 16.7 Å². The summed E-state index contributed by atoms with van der Waals surface area (Å²) in [4.78, 5) is 16.4. The molecule has 0 radical (unpaired) electrons. The standard InChI is InChI=1S/C21H27FN2O3S/c1-4-28-20-19(21(25)26)14(2)10-18(23-9-8-17(13-23)27-3)24(20)12-15-6-5-7-16(22)11-15/h5-7,10-11,17-18H,4,8-9,12-13H2,1-3H3,(H,25,26). The van der Waals surface area contributed by atoms with Crippen molar-refractivity contribution in [3.8, 4) is 0 Å². The van der Waals surface area contributed by atoms with Crippen molar-refractivity contribution in [2.45, 2.75) is 39.1 Å². The maximum Gasteiger partial charge on any atom is 0.338 e. The van der Waals surface area contributed by atoms with Gasteiger partial charge in [0.2, 0.25) is 0 Å². The van der Waals surface area contributed by atoms with Crippen molar-refractivity contribution in [1.29, 1.82) is 0 Å². The Bertz CT molecular complexity index is 796. The fraction of sp³-hybridized carbons (Fsp3) is 0.476. The van der Waals surface area contributed by atoms with Crippen molar-refractivity contribution in [3.63, 3.8) is 0 Å². The second-order valence-corrected chi connectivity index (χ2v) is 8.33. The smallest absolute Gasteiger partial charge is 0.338 e. The number of carboxylic acid groups (broad SMARTS) is 1. The first kappa shape index (κ1) is 20.9. The summed E-state index contributed by atoms with van der Waals surface area (Å²) in [5, 5.41) is 10.6. The first-order valence-electron chi connectivity index (χ1n) is 9.51. The highest BCUT2D eigenvalue weighted by molar-refractivity contribution is 8.03. The Morgan fingerprint density at radius 1 is 1.43 bits per heavy atom. The molecule has 3 rings (SSSR count). The monoisotopic (exact) mass is 406 g/mol. The molecule has 5 nitrogen and oxygen atoms in total. The SMILES string of the molecule is CCSC1=C(C(=O)O)C(C)=CC(N2CCC(OC)C2)N1Cc1cccc(F)c1. The average Bonchev–Trinajstić information content (AvgIpc) is 3.12. The fourth-order valence-electron chi connectivity index (χ4n) is 3.87. The van der Waals surface area contributed by atoms with E-state index in [-0.39, 0.29) is 18.1 Å². The molecule has 0 aliphatic carbocycles. The lowest BCUT2D eigenvalue weighted by Gasteiger charge is -2.42. The van der Waals surface area contributed by atoms with Gasteiger partial charge < -0.3 is 14.7 Å². The number of ether oxygens (including phenoxy) is 1. The van der Waals surface area contributed by atoms with Crippen LogP contribution in [0.4, 0.5) is 4.39 Å². The number of nitrogens with zero attached hydrogens (tertiary/aromatic N) is 2. The van der Waals surface area contributed by atoms with Gasteiger partial charge in [0.25, 0.3) is 0 Å². The minimum atomic E-state index is -0.927. The number of aliphatic carboxylic acids is 1. The first-order valence-corrected chi connectivity index (χ1v) is 10.5. The van der Waals surface area contributed by atoms with Crippen molar-refractivity contribution < 1.29 is 19.0 Å². The van der Waals surface area contributed by atoms with Gasteiger partial charge in [0.1, 0.15) is 12.0 Å². The average molecular weight is 407 g/mol. The van der Waals surface area contributed by atoms with Crippen LogP contribution in [0.25, 0.3) is 0 Å². The van der Waals surface area contributed by atoms with Crippen molar-refractivity contribution in [1.82, 2.24) is 9.80 Å². The lowest BCUT2D eigenvalue weighted by Crippen LogP contribution is -2.48. The second-order valence-electron chi connectivity index (χ2n) is 7.08. The third-order valence-corrected chi connectivity index (χ3v) is 6.21. The Kier molecular flexibility index (Phi) is 6.80. The number of benzene rings is 1. The summed E-state index contributed by atoms with van der Waals surface area (Å²) >= 11 is 1.53. The molecule has 1 N–H and O–H groups in total. The summed E-state index contributed by atoms with van der Waals surface area (Å²) in [5.41, 5.74) is 1.92. The number of hydrogen-bond donors (Lipinski definition) is 1. The van der Waals surface area contributed by atoms with E-state index >= 15 is 0 Å². The Morgan fingerprint density at radius 3 is 2.82 bits per heavy atom. The summed E-state index contributed by atoms with van der Waals surface area (Å²) < 4.78 is 19.3. The molecule has 0 aromatic heterocycles. The molecule has 2 aliphatic rings. The summed E-state index contributed by atoms with van der Waals surface area (Å²) in [7, 11) is 1.72. The van der Waals surface area contributed by atoms with E-state index in [4.69, 9.17) is 4.74 Å². The van der Waals surface area contributed by atoms with E-state index in [9.17, 15) is 14.3 Å². The molecule has 0 amide bonds. The third-order valence-electron chi connectivity index (χ3n) is 5.21. The van der Waals surface area contributed by atoms with E-state index < -0.39 is 5.97 Å². The maximum atomic E-state index is 13.8.